The quantitative estimate of drug-likeness (QED) is 0.208. The summed E-state index contributed by atoms with van der Waals surface area (Å²) < 4.78 is 0. The van der Waals surface area contributed by atoms with E-state index in [-0.39, 0.29) is 0 Å². The molecule has 0 saturated heterocycles. The van der Waals surface area contributed by atoms with E-state index in [1.165, 1.54) is 0 Å². The Labute approximate surface area is 167 Å². The van der Waals surface area contributed by atoms with E-state index in [0.717, 1.165) is 9.79 Å². The maximum Gasteiger partial charge on any atom is 0.246 e. The first-order valence-electron chi connectivity index (χ1n) is 7.87. The summed E-state index contributed by atoms with van der Waals surface area (Å²) in [5.41, 5.74) is 0.889. The average molecular weight is 415 g/mol. The second kappa shape index (κ2) is 9.17. The van der Waals surface area contributed by atoms with Crippen LogP contribution in [0, 0.1) is 5.21 Å². The fourth-order valence-electron chi connectivity index (χ4n) is 2.02. The van der Waals surface area contributed by atoms with Gasteiger partial charge in [0, 0.05) is 37.5 Å². The van der Waals surface area contributed by atoms with Crippen molar-refractivity contribution in [1.29, 1.82) is 0 Å². The maximum atomic E-state index is 12.3. The fraction of sp³-hybridized carbons (Fsp3) is 0.333. The fourth-order valence-corrected chi connectivity index (χ4v) is 4.29. The third-order valence-electron chi connectivity index (χ3n) is 2.98. The number of nitrogens with zero attached hydrogens (tertiary/aromatic N) is 2. The van der Waals surface area contributed by atoms with Crippen molar-refractivity contribution in [2.24, 2.45) is 5.11 Å². The predicted molar refractivity (Wildman–Crippen MR) is 110 cm³/mol. The van der Waals surface area contributed by atoms with Crippen molar-refractivity contribution in [2.75, 3.05) is 0 Å². The molecule has 0 amide bonds. The van der Waals surface area contributed by atoms with Crippen LogP contribution in [0.15, 0.2) is 51.3 Å². The Morgan fingerprint density at radius 2 is 1.40 bits per heavy atom. The molecule has 134 valence electrons. The SMILES string of the molecule is CC(C)Sc1ccc(N=[N+]([O-])c2ccc(SC(C)C)c(Cl)c2)cc1Cl. The van der Waals surface area contributed by atoms with E-state index in [9.17, 15) is 5.21 Å². The second-order valence-electron chi connectivity index (χ2n) is 5.94. The molecule has 2 aromatic rings. The molecule has 0 heterocycles. The number of benzene rings is 2. The highest BCUT2D eigenvalue weighted by Crippen LogP contribution is 2.35. The van der Waals surface area contributed by atoms with Crippen LogP contribution < -0.4 is 0 Å². The van der Waals surface area contributed by atoms with Crippen LogP contribution in [-0.4, -0.2) is 15.4 Å². The van der Waals surface area contributed by atoms with Crippen LogP contribution >= 0.6 is 46.7 Å². The zero-order valence-corrected chi connectivity index (χ0v) is 17.6. The topological polar surface area (TPSA) is 38.4 Å². The van der Waals surface area contributed by atoms with Crippen molar-refractivity contribution in [3.05, 3.63) is 51.7 Å². The summed E-state index contributed by atoms with van der Waals surface area (Å²) in [6.07, 6.45) is 0. The zero-order chi connectivity index (χ0) is 18.6. The van der Waals surface area contributed by atoms with Crippen molar-refractivity contribution in [3.8, 4) is 0 Å². The van der Waals surface area contributed by atoms with Crippen LogP contribution in [0.25, 0.3) is 0 Å². The number of azo groups is 1. The summed E-state index contributed by atoms with van der Waals surface area (Å²) in [7, 11) is 0. The van der Waals surface area contributed by atoms with Gasteiger partial charge in [0.25, 0.3) is 0 Å². The van der Waals surface area contributed by atoms with Gasteiger partial charge in [0.1, 0.15) is 5.69 Å². The summed E-state index contributed by atoms with van der Waals surface area (Å²) in [6.45, 7) is 8.39. The molecule has 2 aromatic carbocycles. The molecule has 0 radical (unpaired) electrons. The monoisotopic (exact) mass is 414 g/mol. The molecule has 0 atom stereocenters. The molecule has 25 heavy (non-hydrogen) atoms. The van der Waals surface area contributed by atoms with Crippen LogP contribution in [0.3, 0.4) is 0 Å². The van der Waals surface area contributed by atoms with Crippen molar-refractivity contribution in [2.45, 2.75) is 48.0 Å². The van der Waals surface area contributed by atoms with Gasteiger partial charge < -0.3 is 5.21 Å². The summed E-state index contributed by atoms with van der Waals surface area (Å²) >= 11 is 15.9. The van der Waals surface area contributed by atoms with Crippen LogP contribution in [-0.2, 0) is 0 Å². The molecule has 0 saturated carbocycles. The molecule has 0 spiro atoms. The van der Waals surface area contributed by atoms with E-state index in [2.05, 4.69) is 32.8 Å². The Morgan fingerprint density at radius 1 is 0.880 bits per heavy atom. The lowest BCUT2D eigenvalue weighted by molar-refractivity contribution is -0.435. The standard InChI is InChI=1S/C18H20Cl2N2OS2/c1-11(2)24-17-7-5-13(9-15(17)19)21-22(23)14-6-8-18(16(20)10-14)25-12(3)4/h5-12H,1-4H3. The van der Waals surface area contributed by atoms with Gasteiger partial charge in [-0.2, -0.15) is 0 Å². The highest BCUT2D eigenvalue weighted by molar-refractivity contribution is 8.00. The van der Waals surface area contributed by atoms with Gasteiger partial charge in [-0.15, -0.1) is 23.5 Å². The highest BCUT2D eigenvalue weighted by atomic mass is 35.5. The molecule has 0 aliphatic carbocycles. The Kier molecular flexibility index (Phi) is 7.50. The van der Waals surface area contributed by atoms with Gasteiger partial charge in [-0.05, 0) is 24.3 Å². The van der Waals surface area contributed by atoms with Gasteiger partial charge in [0.2, 0.25) is 5.69 Å². The first-order chi connectivity index (χ1) is 11.8. The predicted octanol–water partition coefficient (Wildman–Crippen LogP) is 7.92. The molecule has 0 bridgehead atoms. The minimum absolute atomic E-state index is 0.384. The minimum Gasteiger partial charge on any atom is -0.594 e. The molecule has 7 heteroatoms. The summed E-state index contributed by atoms with van der Waals surface area (Å²) in [5.74, 6) is 0. The van der Waals surface area contributed by atoms with E-state index in [1.807, 2.05) is 12.1 Å². The highest BCUT2D eigenvalue weighted by Gasteiger charge is 2.11. The largest absolute Gasteiger partial charge is 0.594 e. The lowest BCUT2D eigenvalue weighted by atomic mass is 10.3. The smallest absolute Gasteiger partial charge is 0.246 e. The van der Waals surface area contributed by atoms with Crippen LogP contribution in [0.2, 0.25) is 10.0 Å². The number of halogens is 2. The van der Waals surface area contributed by atoms with Crippen molar-refractivity contribution in [3.63, 3.8) is 0 Å². The first kappa shape index (κ1) is 20.4. The molecule has 3 nitrogen and oxygen atoms in total. The van der Waals surface area contributed by atoms with Gasteiger partial charge in [0.15, 0.2) is 0 Å². The molecule has 0 unspecified atom stereocenters. The first-order valence-corrected chi connectivity index (χ1v) is 10.4. The maximum absolute atomic E-state index is 12.3. The third kappa shape index (κ3) is 6.10. The number of hydrogen-bond donors (Lipinski definition) is 0. The molecule has 2 rings (SSSR count). The lowest BCUT2D eigenvalue weighted by Crippen LogP contribution is -1.92. The molecular weight excluding hydrogens is 395 g/mol. The van der Waals surface area contributed by atoms with Crippen LogP contribution in [0.4, 0.5) is 11.4 Å². The molecule has 0 N–H and O–H groups in total. The van der Waals surface area contributed by atoms with Gasteiger partial charge in [0.05, 0.1) is 10.0 Å². The summed E-state index contributed by atoms with van der Waals surface area (Å²) in [5, 5.41) is 18.4. The third-order valence-corrected chi connectivity index (χ3v) is 6.00. The Balaban J connectivity index is 2.23. The molecule has 0 aliphatic heterocycles. The van der Waals surface area contributed by atoms with Gasteiger partial charge in [-0.25, -0.2) is 0 Å². The second-order valence-corrected chi connectivity index (χ2v) is 9.99. The average Bonchev–Trinajstić information content (AvgIpc) is 2.51. The van der Waals surface area contributed by atoms with Crippen molar-refractivity contribution in [1.82, 2.24) is 0 Å². The Bertz CT molecular complexity index is 780. The van der Waals surface area contributed by atoms with Crippen molar-refractivity contribution < 1.29 is 4.86 Å². The van der Waals surface area contributed by atoms with E-state index in [1.54, 1.807) is 47.8 Å². The summed E-state index contributed by atoms with van der Waals surface area (Å²) in [6, 6.07) is 10.6. The number of rotatable bonds is 6. The number of hydrogen-bond acceptors (Lipinski definition) is 4. The zero-order valence-electron chi connectivity index (χ0n) is 14.5. The van der Waals surface area contributed by atoms with Gasteiger partial charge in [-0.3, -0.25) is 0 Å². The Morgan fingerprint density at radius 3 is 1.88 bits per heavy atom. The van der Waals surface area contributed by atoms with Crippen molar-refractivity contribution >= 4 is 58.1 Å². The Hall–Kier alpha value is -0.880. The van der Waals surface area contributed by atoms with E-state index in [4.69, 9.17) is 23.2 Å². The van der Waals surface area contributed by atoms with Gasteiger partial charge >= 0.3 is 0 Å². The molecule has 0 aliphatic rings. The van der Waals surface area contributed by atoms with E-state index >= 15 is 0 Å². The van der Waals surface area contributed by atoms with E-state index in [0.29, 0.717) is 36.8 Å². The summed E-state index contributed by atoms with van der Waals surface area (Å²) in [4.78, 5) is 2.49. The minimum atomic E-state index is 0.384. The lowest BCUT2D eigenvalue weighted by Gasteiger charge is -2.08. The van der Waals surface area contributed by atoms with Crippen LogP contribution in [0.5, 0.6) is 0 Å². The molecule has 0 aromatic heterocycles. The molecule has 0 fully saturated rings. The normalized spacial score (nSPS) is 12.2. The number of thioether (sulfide) groups is 2. The van der Waals surface area contributed by atoms with Gasteiger partial charge in [-0.1, -0.05) is 55.8 Å². The molecular formula is C18H20Cl2N2OS2. The van der Waals surface area contributed by atoms with E-state index < -0.39 is 0 Å². The van der Waals surface area contributed by atoms with Crippen LogP contribution in [0.1, 0.15) is 27.7 Å².